The summed E-state index contributed by atoms with van der Waals surface area (Å²) in [5, 5.41) is 10.2. The Hall–Kier alpha value is -0.940. The molecule has 17 heavy (non-hydrogen) atoms. The fraction of sp³-hybridized carbons (Fsp3) is 0.417. The van der Waals surface area contributed by atoms with Crippen LogP contribution in [0.4, 0.5) is 4.39 Å². The van der Waals surface area contributed by atoms with Crippen molar-refractivity contribution in [1.29, 1.82) is 0 Å². The van der Waals surface area contributed by atoms with Crippen LogP contribution >= 0.6 is 15.9 Å². The Bertz CT molecular complexity index is 390. The molecule has 3 nitrogen and oxygen atoms in total. The van der Waals surface area contributed by atoms with Gasteiger partial charge in [0.05, 0.1) is 6.61 Å². The van der Waals surface area contributed by atoms with E-state index in [-0.39, 0.29) is 12.2 Å². The van der Waals surface area contributed by atoms with Crippen molar-refractivity contribution in [3.63, 3.8) is 0 Å². The van der Waals surface area contributed by atoms with E-state index >= 15 is 0 Å². The normalized spacial score (nSPS) is 17.9. The standard InChI is InChI=1S/C12H14BrFO3/c1-3-17-10(15)12(13,14)11(2,16)9-7-5-4-6-8-9/h4-8,16H,3H2,1-2H3/t11-,12-/m1/s1. The Morgan fingerprint density at radius 1 is 1.47 bits per heavy atom. The number of benzene rings is 1. The van der Waals surface area contributed by atoms with E-state index in [0.717, 1.165) is 0 Å². The van der Waals surface area contributed by atoms with Gasteiger partial charge in [0.2, 0.25) is 0 Å². The number of carbonyl (C=O) groups is 1. The van der Waals surface area contributed by atoms with Crippen LogP contribution in [-0.4, -0.2) is 22.3 Å². The molecule has 0 amide bonds. The Morgan fingerprint density at radius 2 is 2.00 bits per heavy atom. The molecular formula is C12H14BrFO3. The molecule has 0 aromatic heterocycles. The van der Waals surface area contributed by atoms with Crippen LogP contribution < -0.4 is 0 Å². The Labute approximate surface area is 108 Å². The molecule has 1 rings (SSSR count). The molecule has 1 aromatic carbocycles. The highest BCUT2D eigenvalue weighted by Gasteiger charge is 2.54. The van der Waals surface area contributed by atoms with E-state index in [1.807, 2.05) is 0 Å². The minimum Gasteiger partial charge on any atom is -0.463 e. The smallest absolute Gasteiger partial charge is 0.358 e. The number of hydrogen-bond donors (Lipinski definition) is 1. The molecule has 0 radical (unpaired) electrons. The van der Waals surface area contributed by atoms with E-state index in [0.29, 0.717) is 0 Å². The zero-order valence-corrected chi connectivity index (χ0v) is 11.2. The molecule has 0 aliphatic carbocycles. The Morgan fingerprint density at radius 3 is 2.47 bits per heavy atom. The fourth-order valence-corrected chi connectivity index (χ4v) is 1.71. The van der Waals surface area contributed by atoms with Crippen molar-refractivity contribution in [3.05, 3.63) is 35.9 Å². The van der Waals surface area contributed by atoms with Crippen molar-refractivity contribution in [3.8, 4) is 0 Å². The van der Waals surface area contributed by atoms with Crippen molar-refractivity contribution in [2.24, 2.45) is 0 Å². The maximum atomic E-state index is 14.3. The fourth-order valence-electron chi connectivity index (χ4n) is 1.36. The van der Waals surface area contributed by atoms with Gasteiger partial charge in [0.1, 0.15) is 5.60 Å². The number of alkyl halides is 2. The van der Waals surface area contributed by atoms with Gasteiger partial charge in [-0.05, 0) is 35.3 Å². The highest BCUT2D eigenvalue weighted by molar-refractivity contribution is 9.10. The number of halogens is 2. The third kappa shape index (κ3) is 2.66. The molecule has 94 valence electrons. The van der Waals surface area contributed by atoms with Crippen LogP contribution in [0.5, 0.6) is 0 Å². The van der Waals surface area contributed by atoms with E-state index in [1.54, 1.807) is 25.1 Å². The van der Waals surface area contributed by atoms with Crippen molar-refractivity contribution in [1.82, 2.24) is 0 Å². The summed E-state index contributed by atoms with van der Waals surface area (Å²) < 4.78 is 16.2. The first-order chi connectivity index (χ1) is 7.84. The van der Waals surface area contributed by atoms with E-state index < -0.39 is 16.1 Å². The third-order valence-corrected chi connectivity index (χ3v) is 3.57. The molecule has 1 N–H and O–H groups in total. The second-order valence-corrected chi connectivity index (χ2v) is 4.83. The highest BCUT2D eigenvalue weighted by atomic mass is 79.9. The lowest BCUT2D eigenvalue weighted by atomic mass is 9.91. The largest absolute Gasteiger partial charge is 0.463 e. The van der Waals surface area contributed by atoms with Crippen LogP contribution in [0.2, 0.25) is 0 Å². The zero-order chi connectivity index (χ0) is 13.1. The number of hydrogen-bond acceptors (Lipinski definition) is 3. The number of carbonyl (C=O) groups excluding carboxylic acids is 1. The van der Waals surface area contributed by atoms with Crippen molar-refractivity contribution in [2.45, 2.75) is 24.0 Å². The molecule has 0 heterocycles. The first-order valence-corrected chi connectivity index (χ1v) is 5.96. The molecule has 0 fully saturated rings. The molecule has 2 atom stereocenters. The van der Waals surface area contributed by atoms with Gasteiger partial charge in [0.15, 0.2) is 0 Å². The van der Waals surface area contributed by atoms with Gasteiger partial charge >= 0.3 is 5.97 Å². The van der Waals surface area contributed by atoms with Crippen molar-refractivity contribution in [2.75, 3.05) is 6.61 Å². The molecule has 5 heteroatoms. The van der Waals surface area contributed by atoms with Crippen LogP contribution in [-0.2, 0) is 15.1 Å². The predicted octanol–water partition coefficient (Wildman–Crippen LogP) is 2.52. The predicted molar refractivity (Wildman–Crippen MR) is 65.4 cm³/mol. The summed E-state index contributed by atoms with van der Waals surface area (Å²) in [7, 11) is 0. The first-order valence-electron chi connectivity index (χ1n) is 5.17. The number of esters is 1. The van der Waals surface area contributed by atoms with Crippen molar-refractivity contribution >= 4 is 21.9 Å². The summed E-state index contributed by atoms with van der Waals surface area (Å²) in [5.74, 6) is -1.14. The topological polar surface area (TPSA) is 46.5 Å². The summed E-state index contributed by atoms with van der Waals surface area (Å²) in [6.45, 7) is 2.83. The maximum Gasteiger partial charge on any atom is 0.358 e. The van der Waals surface area contributed by atoms with Crippen LogP contribution in [0.25, 0.3) is 0 Å². The van der Waals surface area contributed by atoms with Crippen LogP contribution in [0, 0.1) is 0 Å². The van der Waals surface area contributed by atoms with E-state index in [4.69, 9.17) is 0 Å². The molecule has 0 bridgehead atoms. The van der Waals surface area contributed by atoms with Crippen LogP contribution in [0.15, 0.2) is 30.3 Å². The Balaban J connectivity index is 3.08. The lowest BCUT2D eigenvalue weighted by Gasteiger charge is -2.32. The maximum absolute atomic E-state index is 14.3. The third-order valence-electron chi connectivity index (χ3n) is 2.48. The second kappa shape index (κ2) is 5.14. The molecule has 0 saturated carbocycles. The van der Waals surface area contributed by atoms with Gasteiger partial charge in [-0.3, -0.25) is 0 Å². The average molecular weight is 305 g/mol. The van der Waals surface area contributed by atoms with Crippen molar-refractivity contribution < 1.29 is 19.0 Å². The first kappa shape index (κ1) is 14.1. The molecule has 1 aromatic rings. The summed E-state index contributed by atoms with van der Waals surface area (Å²) >= 11 is 2.62. The van der Waals surface area contributed by atoms with Gasteiger partial charge in [0.25, 0.3) is 4.58 Å². The monoisotopic (exact) mass is 304 g/mol. The summed E-state index contributed by atoms with van der Waals surface area (Å²) in [5.41, 5.74) is -1.73. The minimum atomic E-state index is -2.68. The lowest BCUT2D eigenvalue weighted by molar-refractivity contribution is -0.163. The molecule has 0 spiro atoms. The van der Waals surface area contributed by atoms with Gasteiger partial charge in [-0.2, -0.15) is 0 Å². The molecular weight excluding hydrogens is 291 g/mol. The average Bonchev–Trinajstić information content (AvgIpc) is 2.30. The molecule has 0 aliphatic rings. The number of rotatable bonds is 4. The van der Waals surface area contributed by atoms with E-state index in [2.05, 4.69) is 20.7 Å². The summed E-state index contributed by atoms with van der Waals surface area (Å²) in [4.78, 5) is 11.5. The van der Waals surface area contributed by atoms with Gasteiger partial charge < -0.3 is 9.84 Å². The van der Waals surface area contributed by atoms with E-state index in [9.17, 15) is 14.3 Å². The van der Waals surface area contributed by atoms with Crippen LogP contribution in [0.1, 0.15) is 19.4 Å². The van der Waals surface area contributed by atoms with Gasteiger partial charge in [0, 0.05) is 0 Å². The molecule has 0 aliphatic heterocycles. The summed E-state index contributed by atoms with van der Waals surface area (Å²) in [6, 6.07) is 8.11. The van der Waals surface area contributed by atoms with Gasteiger partial charge in [-0.15, -0.1) is 0 Å². The quantitative estimate of drug-likeness (QED) is 0.687. The van der Waals surface area contributed by atoms with Gasteiger partial charge in [-0.1, -0.05) is 30.3 Å². The summed E-state index contributed by atoms with van der Waals surface area (Å²) in [6.07, 6.45) is 0. The lowest BCUT2D eigenvalue weighted by Crippen LogP contribution is -2.48. The second-order valence-electron chi connectivity index (χ2n) is 3.73. The Kier molecular flexibility index (Phi) is 4.27. The highest BCUT2D eigenvalue weighted by Crippen LogP contribution is 2.41. The zero-order valence-electron chi connectivity index (χ0n) is 9.61. The molecule has 0 unspecified atom stereocenters. The number of aliphatic hydroxyl groups is 1. The SMILES string of the molecule is CCOC(=O)[C@](F)(Br)[C@](C)(O)c1ccccc1. The van der Waals surface area contributed by atoms with E-state index in [1.165, 1.54) is 19.1 Å². The molecule has 0 saturated heterocycles. The van der Waals surface area contributed by atoms with Crippen LogP contribution in [0.3, 0.4) is 0 Å². The van der Waals surface area contributed by atoms with Gasteiger partial charge in [-0.25, -0.2) is 9.18 Å². The number of ether oxygens (including phenoxy) is 1. The minimum absolute atomic E-state index is 0.0426.